The molecule has 0 aromatic carbocycles. The topological polar surface area (TPSA) is 74.6 Å². The highest BCUT2D eigenvalue weighted by Crippen LogP contribution is 2.24. The van der Waals surface area contributed by atoms with E-state index in [2.05, 4.69) is 6.58 Å². The van der Waals surface area contributed by atoms with Crippen LogP contribution in [0.2, 0.25) is 0 Å². The summed E-state index contributed by atoms with van der Waals surface area (Å²) in [6.45, 7) is 2.96. The normalized spacial score (nSPS) is 15.7. The molecule has 0 spiro atoms. The van der Waals surface area contributed by atoms with Gasteiger partial charge in [-0.05, 0) is 12.8 Å². The largest absolute Gasteiger partial charge is 0.481 e. The zero-order chi connectivity index (χ0) is 10.3. The van der Waals surface area contributed by atoms with E-state index < -0.39 is 11.9 Å². The molecule has 0 aliphatic heterocycles. The SMILES string of the molecule is C=CC(=O)O.O=C(O)C1CCCC1. The first-order chi connectivity index (χ1) is 6.07. The Kier molecular flexibility index (Phi) is 5.59. The molecule has 1 fully saturated rings. The van der Waals surface area contributed by atoms with Crippen LogP contribution in [-0.4, -0.2) is 22.2 Å². The molecule has 0 aromatic heterocycles. The van der Waals surface area contributed by atoms with Gasteiger partial charge >= 0.3 is 11.9 Å². The molecule has 0 bridgehead atoms. The molecular formula is C9H14O4. The summed E-state index contributed by atoms with van der Waals surface area (Å²) in [6.07, 6.45) is 4.85. The van der Waals surface area contributed by atoms with E-state index in [9.17, 15) is 9.59 Å². The first-order valence-electron chi connectivity index (χ1n) is 4.16. The van der Waals surface area contributed by atoms with Gasteiger partial charge in [0.1, 0.15) is 0 Å². The molecule has 13 heavy (non-hydrogen) atoms. The Morgan fingerprint density at radius 2 is 1.62 bits per heavy atom. The number of rotatable bonds is 2. The smallest absolute Gasteiger partial charge is 0.327 e. The van der Waals surface area contributed by atoms with Crippen molar-refractivity contribution < 1.29 is 19.8 Å². The van der Waals surface area contributed by atoms with Gasteiger partial charge in [-0.1, -0.05) is 19.4 Å². The van der Waals surface area contributed by atoms with Crippen molar-refractivity contribution in [2.24, 2.45) is 5.92 Å². The van der Waals surface area contributed by atoms with Gasteiger partial charge in [-0.3, -0.25) is 4.79 Å². The molecule has 0 unspecified atom stereocenters. The van der Waals surface area contributed by atoms with Crippen molar-refractivity contribution in [3.8, 4) is 0 Å². The number of carboxylic acids is 2. The lowest BCUT2D eigenvalue weighted by Crippen LogP contribution is -2.07. The third kappa shape index (κ3) is 5.90. The highest BCUT2D eigenvalue weighted by molar-refractivity contribution is 5.78. The van der Waals surface area contributed by atoms with E-state index in [1.165, 1.54) is 0 Å². The summed E-state index contributed by atoms with van der Waals surface area (Å²) in [6, 6.07) is 0. The Bertz CT molecular complexity index is 192. The average molecular weight is 186 g/mol. The fourth-order valence-corrected chi connectivity index (χ4v) is 1.17. The summed E-state index contributed by atoms with van der Waals surface area (Å²) >= 11 is 0. The van der Waals surface area contributed by atoms with Crippen LogP contribution in [0.1, 0.15) is 25.7 Å². The molecule has 74 valence electrons. The molecule has 1 saturated carbocycles. The Hall–Kier alpha value is -1.32. The second-order valence-corrected chi connectivity index (χ2v) is 2.86. The summed E-state index contributed by atoms with van der Waals surface area (Å²) in [5.41, 5.74) is 0. The third-order valence-electron chi connectivity index (χ3n) is 1.88. The van der Waals surface area contributed by atoms with Gasteiger partial charge in [0.15, 0.2) is 0 Å². The standard InChI is InChI=1S/C6H10O2.C3H4O2/c7-6(8)5-3-1-2-4-5;1-2-3(4)5/h5H,1-4H2,(H,7,8);2H,1H2,(H,4,5). The number of carbonyl (C=O) groups is 2. The Morgan fingerprint density at radius 1 is 1.23 bits per heavy atom. The molecule has 4 nitrogen and oxygen atoms in total. The van der Waals surface area contributed by atoms with Gasteiger partial charge < -0.3 is 10.2 Å². The third-order valence-corrected chi connectivity index (χ3v) is 1.88. The van der Waals surface area contributed by atoms with Gasteiger partial charge in [0.25, 0.3) is 0 Å². The van der Waals surface area contributed by atoms with Crippen molar-refractivity contribution in [1.29, 1.82) is 0 Å². The van der Waals surface area contributed by atoms with Crippen LogP contribution in [0, 0.1) is 5.92 Å². The lowest BCUT2D eigenvalue weighted by atomic mass is 10.1. The Balaban J connectivity index is 0.000000252. The van der Waals surface area contributed by atoms with Gasteiger partial charge in [-0.25, -0.2) is 4.79 Å². The van der Waals surface area contributed by atoms with Crippen LogP contribution in [0.5, 0.6) is 0 Å². The summed E-state index contributed by atoms with van der Waals surface area (Å²) < 4.78 is 0. The second-order valence-electron chi connectivity index (χ2n) is 2.86. The van der Waals surface area contributed by atoms with E-state index in [0.717, 1.165) is 31.8 Å². The number of hydrogen-bond acceptors (Lipinski definition) is 2. The van der Waals surface area contributed by atoms with Gasteiger partial charge in [-0.2, -0.15) is 0 Å². The van der Waals surface area contributed by atoms with E-state index in [4.69, 9.17) is 10.2 Å². The maximum absolute atomic E-state index is 10.2. The van der Waals surface area contributed by atoms with E-state index in [0.29, 0.717) is 0 Å². The predicted molar refractivity (Wildman–Crippen MR) is 47.4 cm³/mol. The zero-order valence-electron chi connectivity index (χ0n) is 7.40. The monoisotopic (exact) mass is 186 g/mol. The molecule has 4 heteroatoms. The van der Waals surface area contributed by atoms with Gasteiger partial charge in [0, 0.05) is 6.08 Å². The van der Waals surface area contributed by atoms with Crippen molar-refractivity contribution >= 4 is 11.9 Å². The van der Waals surface area contributed by atoms with Gasteiger partial charge in [0.2, 0.25) is 0 Å². The number of aliphatic carboxylic acids is 2. The maximum atomic E-state index is 10.2. The second kappa shape index (κ2) is 6.22. The minimum atomic E-state index is -0.981. The first-order valence-corrected chi connectivity index (χ1v) is 4.16. The molecule has 1 rings (SSSR count). The maximum Gasteiger partial charge on any atom is 0.327 e. The van der Waals surface area contributed by atoms with Crippen LogP contribution in [-0.2, 0) is 9.59 Å². The van der Waals surface area contributed by atoms with Crippen LogP contribution in [0.15, 0.2) is 12.7 Å². The van der Waals surface area contributed by atoms with E-state index in [1.807, 2.05) is 0 Å². The van der Waals surface area contributed by atoms with Crippen molar-refractivity contribution in [2.75, 3.05) is 0 Å². The quantitative estimate of drug-likeness (QED) is 0.641. The molecule has 0 amide bonds. The summed E-state index contributed by atoms with van der Waals surface area (Å²) in [5, 5.41) is 16.0. The van der Waals surface area contributed by atoms with Crippen LogP contribution in [0.4, 0.5) is 0 Å². The minimum Gasteiger partial charge on any atom is -0.481 e. The van der Waals surface area contributed by atoms with Gasteiger partial charge in [0.05, 0.1) is 5.92 Å². The van der Waals surface area contributed by atoms with Crippen LogP contribution in [0.3, 0.4) is 0 Å². The molecule has 0 aromatic rings. The van der Waals surface area contributed by atoms with Crippen molar-refractivity contribution in [3.63, 3.8) is 0 Å². The van der Waals surface area contributed by atoms with E-state index in [1.54, 1.807) is 0 Å². The number of carboxylic acid groups (broad SMARTS) is 2. The Labute approximate surface area is 76.9 Å². The molecule has 1 aliphatic rings. The lowest BCUT2D eigenvalue weighted by Gasteiger charge is -1.97. The zero-order valence-corrected chi connectivity index (χ0v) is 7.40. The first kappa shape index (κ1) is 11.7. The summed E-state index contributed by atoms with van der Waals surface area (Å²) in [7, 11) is 0. The van der Waals surface area contributed by atoms with Crippen molar-refractivity contribution in [3.05, 3.63) is 12.7 Å². The molecule has 1 aliphatic carbocycles. The molecule has 0 heterocycles. The highest BCUT2D eigenvalue weighted by atomic mass is 16.4. The molecule has 0 radical (unpaired) electrons. The van der Waals surface area contributed by atoms with E-state index >= 15 is 0 Å². The van der Waals surface area contributed by atoms with Crippen LogP contribution >= 0.6 is 0 Å². The van der Waals surface area contributed by atoms with Crippen molar-refractivity contribution in [2.45, 2.75) is 25.7 Å². The molecule has 2 N–H and O–H groups in total. The fourth-order valence-electron chi connectivity index (χ4n) is 1.17. The predicted octanol–water partition coefficient (Wildman–Crippen LogP) is 1.52. The Morgan fingerprint density at radius 3 is 1.77 bits per heavy atom. The molecule has 0 saturated heterocycles. The van der Waals surface area contributed by atoms with Gasteiger partial charge in [-0.15, -0.1) is 0 Å². The molecule has 0 atom stereocenters. The highest BCUT2D eigenvalue weighted by Gasteiger charge is 2.20. The number of hydrogen-bond donors (Lipinski definition) is 2. The van der Waals surface area contributed by atoms with Crippen molar-refractivity contribution in [1.82, 2.24) is 0 Å². The van der Waals surface area contributed by atoms with E-state index in [-0.39, 0.29) is 5.92 Å². The minimum absolute atomic E-state index is 0.0185. The van der Waals surface area contributed by atoms with Crippen LogP contribution in [0.25, 0.3) is 0 Å². The summed E-state index contributed by atoms with van der Waals surface area (Å²) in [4.78, 5) is 19.5. The van der Waals surface area contributed by atoms with Crippen LogP contribution < -0.4 is 0 Å². The average Bonchev–Trinajstić information content (AvgIpc) is 2.57. The fraction of sp³-hybridized carbons (Fsp3) is 0.556. The summed E-state index contributed by atoms with van der Waals surface area (Å²) in [5.74, 6) is -1.61. The lowest BCUT2D eigenvalue weighted by molar-refractivity contribution is -0.141. The molecular weight excluding hydrogens is 172 g/mol.